The lowest BCUT2D eigenvalue weighted by atomic mass is 10.3. The highest BCUT2D eigenvalue weighted by Crippen LogP contribution is 2.19. The van der Waals surface area contributed by atoms with Gasteiger partial charge in [-0.3, -0.25) is 0 Å². The van der Waals surface area contributed by atoms with E-state index in [1.165, 1.54) is 17.7 Å². The Labute approximate surface area is 100 Å². The molecule has 0 spiro atoms. The van der Waals surface area contributed by atoms with Gasteiger partial charge in [0.1, 0.15) is 0 Å². The van der Waals surface area contributed by atoms with Gasteiger partial charge in [0.15, 0.2) is 5.11 Å². The summed E-state index contributed by atoms with van der Waals surface area (Å²) >= 11 is 7.12. The molecule has 0 atom stereocenters. The molecule has 0 unspecified atom stereocenters. The molecule has 0 aromatic carbocycles. The first-order chi connectivity index (χ1) is 7.25. The zero-order valence-corrected chi connectivity index (χ0v) is 10.5. The van der Waals surface area contributed by atoms with E-state index >= 15 is 0 Å². The second kappa shape index (κ2) is 4.94. The van der Waals surface area contributed by atoms with Crippen molar-refractivity contribution in [1.82, 2.24) is 10.2 Å². The Morgan fingerprint density at radius 1 is 1.67 bits per heavy atom. The lowest BCUT2D eigenvalue weighted by Crippen LogP contribution is -2.39. The predicted molar refractivity (Wildman–Crippen MR) is 69.4 cm³/mol. The van der Waals surface area contributed by atoms with Gasteiger partial charge < -0.3 is 10.2 Å². The average molecular weight is 240 g/mol. The first-order valence-electron chi connectivity index (χ1n) is 5.30. The van der Waals surface area contributed by atoms with Crippen LogP contribution in [0.5, 0.6) is 0 Å². The van der Waals surface area contributed by atoms with Crippen molar-refractivity contribution >= 4 is 28.7 Å². The summed E-state index contributed by atoms with van der Waals surface area (Å²) in [4.78, 5) is 3.56. The van der Waals surface area contributed by atoms with E-state index in [0.29, 0.717) is 6.04 Å². The molecule has 0 saturated heterocycles. The van der Waals surface area contributed by atoms with Crippen LogP contribution >= 0.6 is 23.6 Å². The summed E-state index contributed by atoms with van der Waals surface area (Å²) in [6, 6.07) is 4.93. The second-order valence-electron chi connectivity index (χ2n) is 3.97. The molecule has 1 aromatic rings. The molecule has 1 fully saturated rings. The molecule has 1 heterocycles. The average Bonchev–Trinajstić information content (AvgIpc) is 2.88. The van der Waals surface area contributed by atoms with Crippen molar-refractivity contribution < 1.29 is 0 Å². The largest absolute Gasteiger partial charge is 0.360 e. The van der Waals surface area contributed by atoms with Gasteiger partial charge in [-0.15, -0.1) is 11.3 Å². The molecule has 1 aromatic heterocycles. The monoisotopic (exact) mass is 240 g/mol. The molecular formula is C11H16N2S2. The number of rotatable bonds is 4. The highest BCUT2D eigenvalue weighted by molar-refractivity contribution is 7.80. The number of hydrogen-bond acceptors (Lipinski definition) is 2. The normalized spacial score (nSPS) is 15.0. The predicted octanol–water partition coefficient (Wildman–Crippen LogP) is 2.26. The molecule has 1 N–H and O–H groups in total. The molecule has 0 radical (unpaired) electrons. The van der Waals surface area contributed by atoms with Crippen LogP contribution in [0.2, 0.25) is 0 Å². The number of nitrogens with one attached hydrogen (secondary N) is 1. The minimum Gasteiger partial charge on any atom is -0.360 e. The van der Waals surface area contributed by atoms with Gasteiger partial charge in [0.05, 0.1) is 0 Å². The number of likely N-dealkylation sites (N-methyl/N-ethyl adjacent to an activating group) is 1. The van der Waals surface area contributed by atoms with E-state index in [-0.39, 0.29) is 0 Å². The summed E-state index contributed by atoms with van der Waals surface area (Å²) in [5, 5.41) is 6.36. The number of thiophene rings is 1. The van der Waals surface area contributed by atoms with Crippen LogP contribution < -0.4 is 5.32 Å². The molecule has 1 aliphatic carbocycles. The second-order valence-corrected chi connectivity index (χ2v) is 5.39. The molecule has 1 aliphatic rings. The zero-order valence-electron chi connectivity index (χ0n) is 8.90. The zero-order chi connectivity index (χ0) is 10.7. The summed E-state index contributed by atoms with van der Waals surface area (Å²) < 4.78 is 0. The number of thiocarbonyl (C=S) groups is 1. The molecule has 0 bridgehead atoms. The van der Waals surface area contributed by atoms with E-state index < -0.39 is 0 Å². The van der Waals surface area contributed by atoms with E-state index in [1.54, 1.807) is 0 Å². The lowest BCUT2D eigenvalue weighted by Gasteiger charge is -2.20. The van der Waals surface area contributed by atoms with E-state index in [1.807, 2.05) is 11.3 Å². The molecule has 82 valence electrons. The maximum Gasteiger partial charge on any atom is 0.168 e. The third kappa shape index (κ3) is 3.47. The quantitative estimate of drug-likeness (QED) is 0.813. The molecule has 0 aliphatic heterocycles. The topological polar surface area (TPSA) is 15.3 Å². The van der Waals surface area contributed by atoms with Crippen molar-refractivity contribution in [2.45, 2.75) is 25.3 Å². The minimum absolute atomic E-state index is 0.654. The van der Waals surface area contributed by atoms with E-state index in [4.69, 9.17) is 12.2 Å². The molecule has 1 saturated carbocycles. The van der Waals surface area contributed by atoms with Gasteiger partial charge in [-0.1, -0.05) is 6.07 Å². The summed E-state index contributed by atoms with van der Waals surface area (Å²) in [6.45, 7) is 0.999. The molecule has 2 nitrogen and oxygen atoms in total. The van der Waals surface area contributed by atoms with Crippen molar-refractivity contribution in [3.63, 3.8) is 0 Å². The molecular weight excluding hydrogens is 224 g/mol. The van der Waals surface area contributed by atoms with E-state index in [0.717, 1.165) is 18.1 Å². The van der Waals surface area contributed by atoms with Crippen molar-refractivity contribution in [3.05, 3.63) is 22.4 Å². The Bertz CT molecular complexity index is 317. The van der Waals surface area contributed by atoms with Crippen LogP contribution in [0.4, 0.5) is 0 Å². The Kier molecular flexibility index (Phi) is 3.59. The highest BCUT2D eigenvalue weighted by atomic mass is 32.1. The number of hydrogen-bond donors (Lipinski definition) is 1. The van der Waals surface area contributed by atoms with Crippen LogP contribution in [-0.2, 0) is 6.42 Å². The Morgan fingerprint density at radius 2 is 2.47 bits per heavy atom. The van der Waals surface area contributed by atoms with Crippen LogP contribution in [0.1, 0.15) is 17.7 Å². The van der Waals surface area contributed by atoms with Crippen LogP contribution in [-0.4, -0.2) is 29.6 Å². The van der Waals surface area contributed by atoms with Crippen molar-refractivity contribution in [3.8, 4) is 0 Å². The fraction of sp³-hybridized carbons (Fsp3) is 0.545. The highest BCUT2D eigenvalue weighted by Gasteiger charge is 2.22. The van der Waals surface area contributed by atoms with Crippen molar-refractivity contribution in [1.29, 1.82) is 0 Å². The van der Waals surface area contributed by atoms with Gasteiger partial charge in [0.2, 0.25) is 0 Å². The molecule has 15 heavy (non-hydrogen) atoms. The fourth-order valence-electron chi connectivity index (χ4n) is 1.35. The molecule has 4 heteroatoms. The van der Waals surface area contributed by atoms with E-state index in [2.05, 4.69) is 34.8 Å². The standard InChI is InChI=1S/C11H16N2S2/c1-13(11(14)12-9-4-5-9)7-6-10-3-2-8-15-10/h2-3,8-9H,4-7H2,1H3,(H,12,14). The van der Waals surface area contributed by atoms with E-state index in [9.17, 15) is 0 Å². The van der Waals surface area contributed by atoms with Crippen molar-refractivity contribution in [2.24, 2.45) is 0 Å². The third-order valence-electron chi connectivity index (χ3n) is 2.53. The van der Waals surface area contributed by atoms with Gasteiger partial charge in [0, 0.05) is 24.5 Å². The van der Waals surface area contributed by atoms with Crippen LogP contribution in [0.25, 0.3) is 0 Å². The maximum atomic E-state index is 5.31. The van der Waals surface area contributed by atoms with Gasteiger partial charge in [-0.05, 0) is 42.9 Å². The first-order valence-corrected chi connectivity index (χ1v) is 6.58. The van der Waals surface area contributed by atoms with Gasteiger partial charge in [-0.25, -0.2) is 0 Å². The fourth-order valence-corrected chi connectivity index (χ4v) is 2.30. The van der Waals surface area contributed by atoms with Crippen LogP contribution in [0, 0.1) is 0 Å². The Balaban J connectivity index is 1.71. The lowest BCUT2D eigenvalue weighted by molar-refractivity contribution is 0.498. The third-order valence-corrected chi connectivity index (χ3v) is 3.89. The van der Waals surface area contributed by atoms with Crippen LogP contribution in [0.15, 0.2) is 17.5 Å². The minimum atomic E-state index is 0.654. The number of nitrogens with zero attached hydrogens (tertiary/aromatic N) is 1. The summed E-state index contributed by atoms with van der Waals surface area (Å²) in [5.41, 5.74) is 0. The summed E-state index contributed by atoms with van der Waals surface area (Å²) in [7, 11) is 2.06. The van der Waals surface area contributed by atoms with Gasteiger partial charge in [0.25, 0.3) is 0 Å². The smallest absolute Gasteiger partial charge is 0.168 e. The van der Waals surface area contributed by atoms with Gasteiger partial charge >= 0.3 is 0 Å². The Morgan fingerprint density at radius 3 is 3.07 bits per heavy atom. The Hall–Kier alpha value is -0.610. The maximum absolute atomic E-state index is 5.31. The first kappa shape index (κ1) is 10.9. The molecule has 0 amide bonds. The van der Waals surface area contributed by atoms with Crippen molar-refractivity contribution in [2.75, 3.05) is 13.6 Å². The van der Waals surface area contributed by atoms with Crippen LogP contribution in [0.3, 0.4) is 0 Å². The molecule has 2 rings (SSSR count). The summed E-state index contributed by atoms with van der Waals surface area (Å²) in [5.74, 6) is 0. The summed E-state index contributed by atoms with van der Waals surface area (Å²) in [6.07, 6.45) is 3.64. The van der Waals surface area contributed by atoms with Gasteiger partial charge in [-0.2, -0.15) is 0 Å². The SMILES string of the molecule is CN(CCc1cccs1)C(=S)NC1CC1.